The zero-order valence-corrected chi connectivity index (χ0v) is 8.72. The largest absolute Gasteiger partial charge is 0.481 e. The SMILES string of the molecule is NCC(CC(=O)O)c1occ2ccccc12. The van der Waals surface area contributed by atoms with Gasteiger partial charge in [-0.3, -0.25) is 4.79 Å². The normalized spacial score (nSPS) is 12.8. The molecule has 4 nitrogen and oxygen atoms in total. The third kappa shape index (κ3) is 1.92. The van der Waals surface area contributed by atoms with Gasteiger partial charge in [-0.25, -0.2) is 0 Å². The number of fused-ring (bicyclic) bond motifs is 1. The summed E-state index contributed by atoms with van der Waals surface area (Å²) in [5.41, 5.74) is 5.58. The number of aliphatic carboxylic acids is 1. The summed E-state index contributed by atoms with van der Waals surface area (Å²) in [4.78, 5) is 10.7. The number of carboxylic acids is 1. The zero-order valence-electron chi connectivity index (χ0n) is 8.72. The summed E-state index contributed by atoms with van der Waals surface area (Å²) in [5, 5.41) is 10.7. The van der Waals surface area contributed by atoms with E-state index < -0.39 is 5.97 Å². The second-order valence-corrected chi connectivity index (χ2v) is 3.72. The van der Waals surface area contributed by atoms with E-state index in [1.54, 1.807) is 6.26 Å². The highest BCUT2D eigenvalue weighted by Crippen LogP contribution is 2.28. The lowest BCUT2D eigenvalue weighted by atomic mass is 9.99. The second kappa shape index (κ2) is 4.37. The molecule has 0 bridgehead atoms. The maximum atomic E-state index is 10.7. The highest BCUT2D eigenvalue weighted by Gasteiger charge is 2.19. The lowest BCUT2D eigenvalue weighted by Crippen LogP contribution is -2.15. The van der Waals surface area contributed by atoms with Crippen LogP contribution in [0.4, 0.5) is 0 Å². The van der Waals surface area contributed by atoms with Gasteiger partial charge in [-0.05, 0) is 0 Å². The van der Waals surface area contributed by atoms with E-state index in [4.69, 9.17) is 15.3 Å². The Hall–Kier alpha value is -1.81. The van der Waals surface area contributed by atoms with Gasteiger partial charge in [-0.2, -0.15) is 0 Å². The number of carbonyl (C=O) groups is 1. The Bertz CT molecular complexity index is 504. The van der Waals surface area contributed by atoms with Crippen molar-refractivity contribution >= 4 is 16.7 Å². The van der Waals surface area contributed by atoms with E-state index in [0.717, 1.165) is 10.8 Å². The highest BCUT2D eigenvalue weighted by molar-refractivity contribution is 5.85. The Labute approximate surface area is 92.7 Å². The minimum Gasteiger partial charge on any atom is -0.481 e. The van der Waals surface area contributed by atoms with Crippen LogP contribution in [-0.4, -0.2) is 17.6 Å². The number of carboxylic acid groups (broad SMARTS) is 1. The van der Waals surface area contributed by atoms with Gasteiger partial charge in [-0.1, -0.05) is 24.3 Å². The quantitative estimate of drug-likeness (QED) is 0.824. The standard InChI is InChI=1S/C12H13NO3/c13-6-9(5-11(14)15)12-10-4-2-1-3-8(10)7-16-12/h1-4,7,9H,5-6,13H2,(H,14,15). The maximum absolute atomic E-state index is 10.7. The van der Waals surface area contributed by atoms with Gasteiger partial charge in [0.15, 0.2) is 0 Å². The monoisotopic (exact) mass is 219 g/mol. The van der Waals surface area contributed by atoms with Crippen molar-refractivity contribution in [2.24, 2.45) is 5.73 Å². The Morgan fingerprint density at radius 2 is 2.19 bits per heavy atom. The molecule has 0 aliphatic heterocycles. The Kier molecular flexibility index (Phi) is 2.92. The molecule has 2 aromatic rings. The van der Waals surface area contributed by atoms with Crippen LogP contribution in [-0.2, 0) is 4.79 Å². The van der Waals surface area contributed by atoms with Crippen LogP contribution in [0.1, 0.15) is 18.1 Å². The van der Waals surface area contributed by atoms with Crippen molar-refractivity contribution in [1.82, 2.24) is 0 Å². The minimum atomic E-state index is -0.865. The van der Waals surface area contributed by atoms with Crippen molar-refractivity contribution in [3.63, 3.8) is 0 Å². The molecule has 0 amide bonds. The molecule has 1 aromatic heterocycles. The topological polar surface area (TPSA) is 76.5 Å². The first-order valence-corrected chi connectivity index (χ1v) is 5.10. The van der Waals surface area contributed by atoms with Gasteiger partial charge in [0.05, 0.1) is 12.7 Å². The Morgan fingerprint density at radius 3 is 2.88 bits per heavy atom. The fourth-order valence-corrected chi connectivity index (χ4v) is 1.82. The first-order chi connectivity index (χ1) is 7.72. The predicted octanol–water partition coefficient (Wildman–Crippen LogP) is 1.95. The molecule has 0 spiro atoms. The van der Waals surface area contributed by atoms with Gasteiger partial charge >= 0.3 is 5.97 Å². The van der Waals surface area contributed by atoms with Gasteiger partial charge < -0.3 is 15.3 Å². The summed E-state index contributed by atoms with van der Waals surface area (Å²) in [6.07, 6.45) is 1.63. The molecule has 0 saturated carbocycles. The van der Waals surface area contributed by atoms with Crippen molar-refractivity contribution in [3.05, 3.63) is 36.3 Å². The van der Waals surface area contributed by atoms with Crippen LogP contribution in [0.3, 0.4) is 0 Å². The summed E-state index contributed by atoms with van der Waals surface area (Å²) in [6, 6.07) is 7.65. The summed E-state index contributed by atoms with van der Waals surface area (Å²) in [7, 11) is 0. The van der Waals surface area contributed by atoms with Crippen LogP contribution in [0, 0.1) is 0 Å². The first kappa shape index (κ1) is 10.7. The molecule has 1 heterocycles. The molecule has 1 unspecified atom stereocenters. The third-order valence-corrected chi connectivity index (χ3v) is 2.62. The number of hydrogen-bond acceptors (Lipinski definition) is 3. The van der Waals surface area contributed by atoms with Gasteiger partial charge in [0.25, 0.3) is 0 Å². The van der Waals surface area contributed by atoms with Gasteiger partial charge in [0.2, 0.25) is 0 Å². The fraction of sp³-hybridized carbons (Fsp3) is 0.250. The number of benzene rings is 1. The van der Waals surface area contributed by atoms with Crippen LogP contribution < -0.4 is 5.73 Å². The highest BCUT2D eigenvalue weighted by atomic mass is 16.4. The molecule has 0 radical (unpaired) electrons. The van der Waals surface area contributed by atoms with E-state index in [2.05, 4.69) is 0 Å². The van der Waals surface area contributed by atoms with Crippen molar-refractivity contribution < 1.29 is 14.3 Å². The number of nitrogens with two attached hydrogens (primary N) is 1. The fourth-order valence-electron chi connectivity index (χ4n) is 1.82. The van der Waals surface area contributed by atoms with Crippen molar-refractivity contribution in [2.45, 2.75) is 12.3 Å². The molecule has 0 saturated heterocycles. The molecule has 1 atom stereocenters. The molecule has 0 aliphatic rings. The first-order valence-electron chi connectivity index (χ1n) is 5.10. The van der Waals surface area contributed by atoms with Crippen LogP contribution in [0.25, 0.3) is 10.8 Å². The lowest BCUT2D eigenvalue weighted by Gasteiger charge is -2.09. The molecule has 0 aliphatic carbocycles. The van der Waals surface area contributed by atoms with E-state index in [0.29, 0.717) is 5.76 Å². The van der Waals surface area contributed by atoms with E-state index >= 15 is 0 Å². The van der Waals surface area contributed by atoms with Crippen LogP contribution in [0.5, 0.6) is 0 Å². The summed E-state index contributed by atoms with van der Waals surface area (Å²) in [6.45, 7) is 0.268. The molecule has 1 aromatic carbocycles. The molecule has 16 heavy (non-hydrogen) atoms. The average molecular weight is 219 g/mol. The smallest absolute Gasteiger partial charge is 0.304 e. The van der Waals surface area contributed by atoms with Crippen molar-refractivity contribution in [1.29, 1.82) is 0 Å². The maximum Gasteiger partial charge on any atom is 0.304 e. The molecule has 3 N–H and O–H groups in total. The van der Waals surface area contributed by atoms with Crippen LogP contribution in [0.15, 0.2) is 34.9 Å². The Morgan fingerprint density at radius 1 is 1.44 bits per heavy atom. The number of rotatable bonds is 4. The van der Waals surface area contributed by atoms with Gasteiger partial charge in [0.1, 0.15) is 5.76 Å². The number of furan rings is 1. The van der Waals surface area contributed by atoms with Gasteiger partial charge in [0, 0.05) is 23.2 Å². The van der Waals surface area contributed by atoms with Crippen molar-refractivity contribution in [2.75, 3.05) is 6.54 Å². The molecule has 2 rings (SSSR count). The summed E-state index contributed by atoms with van der Waals surface area (Å²) in [5.74, 6) is -0.464. The molecule has 0 fully saturated rings. The molecular weight excluding hydrogens is 206 g/mol. The van der Waals surface area contributed by atoms with Crippen LogP contribution >= 0.6 is 0 Å². The molecule has 4 heteroatoms. The van der Waals surface area contributed by atoms with E-state index in [9.17, 15) is 4.79 Å². The lowest BCUT2D eigenvalue weighted by molar-refractivity contribution is -0.137. The van der Waals surface area contributed by atoms with Gasteiger partial charge in [-0.15, -0.1) is 0 Å². The second-order valence-electron chi connectivity index (χ2n) is 3.72. The summed E-state index contributed by atoms with van der Waals surface area (Å²) < 4.78 is 5.43. The van der Waals surface area contributed by atoms with E-state index in [1.165, 1.54) is 0 Å². The minimum absolute atomic E-state index is 0.00594. The molecule has 84 valence electrons. The predicted molar refractivity (Wildman–Crippen MR) is 60.3 cm³/mol. The van der Waals surface area contributed by atoms with E-state index in [1.807, 2.05) is 24.3 Å². The van der Waals surface area contributed by atoms with Crippen molar-refractivity contribution in [3.8, 4) is 0 Å². The number of hydrogen-bond donors (Lipinski definition) is 2. The Balaban J connectivity index is 2.41. The zero-order chi connectivity index (χ0) is 11.5. The summed E-state index contributed by atoms with van der Waals surface area (Å²) >= 11 is 0. The molecular formula is C12H13NO3. The third-order valence-electron chi connectivity index (χ3n) is 2.62. The average Bonchev–Trinajstić information content (AvgIpc) is 2.69. The van der Waals surface area contributed by atoms with Crippen LogP contribution in [0.2, 0.25) is 0 Å². The van der Waals surface area contributed by atoms with E-state index in [-0.39, 0.29) is 18.9 Å².